The largest absolute Gasteiger partial charge is 0.330 e. The van der Waals surface area contributed by atoms with Crippen LogP contribution in [0.1, 0.15) is 6.92 Å². The van der Waals surface area contributed by atoms with Crippen molar-refractivity contribution in [1.82, 2.24) is 0 Å². The van der Waals surface area contributed by atoms with Gasteiger partial charge in [-0.2, -0.15) is 12.6 Å². The zero-order chi connectivity index (χ0) is 8.91. The molecule has 0 heterocycles. The Hall–Kier alpha value is 0.500. The monoisotopic (exact) mass is 198 g/mol. The van der Waals surface area contributed by atoms with Gasteiger partial charge in [0.1, 0.15) is 0 Å². The molecule has 0 amide bonds. The lowest BCUT2D eigenvalue weighted by Gasteiger charge is -2.16. The van der Waals surface area contributed by atoms with Crippen molar-refractivity contribution in [1.29, 1.82) is 0 Å². The van der Waals surface area contributed by atoms with Gasteiger partial charge < -0.3 is 9.05 Å². The van der Waals surface area contributed by atoms with Gasteiger partial charge in [-0.15, -0.1) is 0 Å². The molecule has 5 heteroatoms. The number of thiol groups is 1. The highest BCUT2D eigenvalue weighted by Gasteiger charge is 2.23. The fourth-order valence-corrected chi connectivity index (χ4v) is 2.34. The molecule has 0 aliphatic heterocycles. The lowest BCUT2D eigenvalue weighted by atomic mass is 10.3. The van der Waals surface area contributed by atoms with Crippen molar-refractivity contribution in [3.05, 3.63) is 0 Å². The predicted molar refractivity (Wildman–Crippen MR) is 49.5 cm³/mol. The minimum Gasteiger partial charge on any atom is -0.312 e. The summed E-state index contributed by atoms with van der Waals surface area (Å²) < 4.78 is 21.0. The first-order chi connectivity index (χ1) is 5.08. The molecule has 0 N–H and O–H groups in total. The Balaban J connectivity index is 3.97. The van der Waals surface area contributed by atoms with Crippen LogP contribution in [0.5, 0.6) is 0 Å². The Morgan fingerprint density at radius 1 is 1.45 bits per heavy atom. The SMILES string of the molecule is COP(=O)(CC(C)CS)OC. The van der Waals surface area contributed by atoms with E-state index in [-0.39, 0.29) is 5.92 Å². The fraction of sp³-hybridized carbons (Fsp3) is 1.00. The summed E-state index contributed by atoms with van der Waals surface area (Å²) in [5, 5.41) is 0. The summed E-state index contributed by atoms with van der Waals surface area (Å²) in [7, 11) is -0.00603. The summed E-state index contributed by atoms with van der Waals surface area (Å²) in [5.41, 5.74) is 0. The predicted octanol–water partition coefficient (Wildman–Crippen LogP) is 2.04. The molecular formula is C6H15O3PS. The summed E-state index contributed by atoms with van der Waals surface area (Å²) in [6, 6.07) is 0. The van der Waals surface area contributed by atoms with Crippen LogP contribution in [0, 0.1) is 5.92 Å². The van der Waals surface area contributed by atoms with E-state index in [1.54, 1.807) is 0 Å². The van der Waals surface area contributed by atoms with Crippen molar-refractivity contribution >= 4 is 20.2 Å². The molecule has 0 fully saturated rings. The topological polar surface area (TPSA) is 35.5 Å². The van der Waals surface area contributed by atoms with Gasteiger partial charge in [0.2, 0.25) is 0 Å². The third-order valence-corrected chi connectivity index (χ3v) is 4.21. The van der Waals surface area contributed by atoms with E-state index in [1.807, 2.05) is 6.92 Å². The highest BCUT2D eigenvalue weighted by Crippen LogP contribution is 2.47. The Bertz CT molecular complexity index is 143. The molecule has 3 nitrogen and oxygen atoms in total. The highest BCUT2D eigenvalue weighted by atomic mass is 32.1. The van der Waals surface area contributed by atoms with Gasteiger partial charge in [-0.25, -0.2) is 0 Å². The molecule has 0 spiro atoms. The molecule has 0 rings (SSSR count). The van der Waals surface area contributed by atoms with Gasteiger partial charge in [0.25, 0.3) is 0 Å². The van der Waals surface area contributed by atoms with Crippen LogP contribution in [0.4, 0.5) is 0 Å². The van der Waals surface area contributed by atoms with Crippen LogP contribution in [0.25, 0.3) is 0 Å². The minimum absolute atomic E-state index is 0.254. The number of hydrogen-bond acceptors (Lipinski definition) is 4. The Labute approximate surface area is 73.4 Å². The van der Waals surface area contributed by atoms with Gasteiger partial charge in [0.05, 0.1) is 6.16 Å². The van der Waals surface area contributed by atoms with Crippen molar-refractivity contribution < 1.29 is 13.6 Å². The van der Waals surface area contributed by atoms with E-state index in [1.165, 1.54) is 14.2 Å². The van der Waals surface area contributed by atoms with Crippen molar-refractivity contribution in [2.24, 2.45) is 5.92 Å². The number of rotatable bonds is 5. The van der Waals surface area contributed by atoms with E-state index in [4.69, 9.17) is 9.05 Å². The Morgan fingerprint density at radius 3 is 2.18 bits per heavy atom. The van der Waals surface area contributed by atoms with Crippen molar-refractivity contribution in [3.63, 3.8) is 0 Å². The molecule has 0 aromatic heterocycles. The molecule has 1 atom stereocenters. The molecule has 0 aliphatic carbocycles. The molecule has 0 bridgehead atoms. The molecule has 68 valence electrons. The summed E-state index contributed by atoms with van der Waals surface area (Å²) in [6.07, 6.45) is 0.434. The van der Waals surface area contributed by atoms with E-state index >= 15 is 0 Å². The molecule has 0 saturated heterocycles. The standard InChI is InChI=1S/C6H15O3PS/c1-6(5-11)4-10(7,8-2)9-3/h6,11H,4-5H2,1-3H3. The summed E-state index contributed by atoms with van der Waals surface area (Å²) in [4.78, 5) is 0. The van der Waals surface area contributed by atoms with Gasteiger partial charge in [-0.1, -0.05) is 6.92 Å². The first-order valence-corrected chi connectivity index (χ1v) is 5.75. The van der Waals surface area contributed by atoms with Crippen molar-refractivity contribution in [3.8, 4) is 0 Å². The average Bonchev–Trinajstić information content (AvgIpc) is 2.04. The van der Waals surface area contributed by atoms with Crippen LogP contribution in [0.2, 0.25) is 0 Å². The lowest BCUT2D eigenvalue weighted by molar-refractivity contribution is 0.272. The zero-order valence-electron chi connectivity index (χ0n) is 7.11. The van der Waals surface area contributed by atoms with Crippen LogP contribution in [-0.2, 0) is 13.6 Å². The fourth-order valence-electron chi connectivity index (χ4n) is 0.663. The van der Waals surface area contributed by atoms with Crippen molar-refractivity contribution in [2.45, 2.75) is 6.92 Å². The molecule has 0 aromatic carbocycles. The zero-order valence-corrected chi connectivity index (χ0v) is 8.90. The normalized spacial score (nSPS) is 14.9. The maximum atomic E-state index is 11.4. The second-order valence-electron chi connectivity index (χ2n) is 2.45. The third kappa shape index (κ3) is 4.16. The van der Waals surface area contributed by atoms with E-state index in [9.17, 15) is 4.57 Å². The van der Waals surface area contributed by atoms with Gasteiger partial charge in [-0.05, 0) is 11.7 Å². The third-order valence-electron chi connectivity index (χ3n) is 1.40. The summed E-state index contributed by atoms with van der Waals surface area (Å²) in [6.45, 7) is 1.96. The molecule has 11 heavy (non-hydrogen) atoms. The van der Waals surface area contributed by atoms with E-state index in [0.29, 0.717) is 11.9 Å². The van der Waals surface area contributed by atoms with Crippen LogP contribution in [0.15, 0.2) is 0 Å². The molecule has 1 unspecified atom stereocenters. The van der Waals surface area contributed by atoms with Gasteiger partial charge in [-0.3, -0.25) is 4.57 Å². The lowest BCUT2D eigenvalue weighted by Crippen LogP contribution is -2.06. The van der Waals surface area contributed by atoms with Crippen LogP contribution in [0.3, 0.4) is 0 Å². The van der Waals surface area contributed by atoms with E-state index in [2.05, 4.69) is 12.6 Å². The quantitative estimate of drug-likeness (QED) is 0.542. The molecule has 0 saturated carbocycles. The second kappa shape index (κ2) is 5.20. The molecule has 0 aromatic rings. The summed E-state index contributed by atoms with van der Waals surface area (Å²) >= 11 is 4.07. The first-order valence-electron chi connectivity index (χ1n) is 3.39. The second-order valence-corrected chi connectivity index (χ2v) is 5.13. The van der Waals surface area contributed by atoms with Crippen molar-refractivity contribution in [2.75, 3.05) is 26.1 Å². The van der Waals surface area contributed by atoms with Gasteiger partial charge in [0.15, 0.2) is 0 Å². The molecule has 0 aliphatic rings. The smallest absolute Gasteiger partial charge is 0.312 e. The maximum Gasteiger partial charge on any atom is 0.330 e. The van der Waals surface area contributed by atoms with Crippen LogP contribution < -0.4 is 0 Å². The molecule has 0 radical (unpaired) electrons. The number of hydrogen-bond donors (Lipinski definition) is 1. The summed E-state index contributed by atoms with van der Waals surface area (Å²) in [5.74, 6) is 0.945. The van der Waals surface area contributed by atoms with Crippen LogP contribution >= 0.6 is 20.2 Å². The minimum atomic E-state index is -2.80. The highest BCUT2D eigenvalue weighted by molar-refractivity contribution is 7.80. The van der Waals surface area contributed by atoms with Gasteiger partial charge >= 0.3 is 7.60 Å². The Kier molecular flexibility index (Phi) is 5.44. The Morgan fingerprint density at radius 2 is 1.91 bits per heavy atom. The van der Waals surface area contributed by atoms with E-state index < -0.39 is 7.60 Å². The maximum absolute atomic E-state index is 11.4. The molecular weight excluding hydrogens is 183 g/mol. The van der Waals surface area contributed by atoms with E-state index in [0.717, 1.165) is 0 Å². The van der Waals surface area contributed by atoms with Gasteiger partial charge in [0, 0.05) is 14.2 Å². The average molecular weight is 198 g/mol. The van der Waals surface area contributed by atoms with Crippen LogP contribution in [-0.4, -0.2) is 26.1 Å². The first kappa shape index (κ1) is 11.5.